The standard InChI is InChI=1S/C26H25ClN6O3/c27-23-16-30-26-31-21-12-19(13-22(15-21)35-11-8-33-7-6-28-18-33)17-34-9-2-1-3-10-36-24-14-20(4-5-29-24)25(23)32-26/h1-2,4-7,12-16,18H,3,8-11,17H2,(H,30,31,32)/b2-1+. The number of halogens is 1. The maximum absolute atomic E-state index is 6.45. The second kappa shape index (κ2) is 11.7. The predicted molar refractivity (Wildman–Crippen MR) is 137 cm³/mol. The molecule has 0 radical (unpaired) electrons. The Labute approximate surface area is 213 Å². The van der Waals surface area contributed by atoms with E-state index in [0.717, 1.165) is 23.2 Å². The fourth-order valence-corrected chi connectivity index (χ4v) is 3.84. The zero-order valence-electron chi connectivity index (χ0n) is 19.5. The first-order valence-corrected chi connectivity index (χ1v) is 11.9. The zero-order chi connectivity index (χ0) is 24.6. The molecule has 4 heterocycles. The second-order valence-corrected chi connectivity index (χ2v) is 8.44. The Morgan fingerprint density at radius 2 is 2.08 bits per heavy atom. The molecule has 0 atom stereocenters. The van der Waals surface area contributed by atoms with Crippen molar-refractivity contribution in [2.45, 2.75) is 19.6 Å². The van der Waals surface area contributed by atoms with E-state index in [1.165, 1.54) is 0 Å². The lowest BCUT2D eigenvalue weighted by molar-refractivity contribution is 0.148. The van der Waals surface area contributed by atoms with Gasteiger partial charge in [-0.15, -0.1) is 0 Å². The highest BCUT2D eigenvalue weighted by Gasteiger charge is 2.12. The number of fused-ring (bicyclic) bond motifs is 7. The van der Waals surface area contributed by atoms with E-state index >= 15 is 0 Å². The normalized spacial score (nSPS) is 14.6. The Hall–Kier alpha value is -3.95. The number of anilines is 2. The van der Waals surface area contributed by atoms with Gasteiger partial charge in [-0.25, -0.2) is 19.9 Å². The summed E-state index contributed by atoms with van der Waals surface area (Å²) in [7, 11) is 0. The molecule has 6 bridgehead atoms. The number of imidazole rings is 1. The van der Waals surface area contributed by atoms with E-state index in [9.17, 15) is 0 Å². The van der Waals surface area contributed by atoms with Gasteiger partial charge in [-0.1, -0.05) is 23.8 Å². The third-order valence-corrected chi connectivity index (χ3v) is 5.61. The third kappa shape index (κ3) is 6.38. The lowest BCUT2D eigenvalue weighted by Gasteiger charge is -2.14. The average molecular weight is 505 g/mol. The summed E-state index contributed by atoms with van der Waals surface area (Å²) in [6, 6.07) is 9.53. The molecule has 0 aliphatic carbocycles. The first kappa shape index (κ1) is 23.8. The van der Waals surface area contributed by atoms with Crippen molar-refractivity contribution in [1.29, 1.82) is 0 Å². The largest absolute Gasteiger partial charge is 0.492 e. The highest BCUT2D eigenvalue weighted by atomic mass is 35.5. The lowest BCUT2D eigenvalue weighted by Crippen LogP contribution is -2.07. The molecule has 0 saturated carbocycles. The molecule has 0 saturated heterocycles. The second-order valence-electron chi connectivity index (χ2n) is 8.04. The minimum atomic E-state index is 0.403. The number of rotatable bonds is 4. The van der Waals surface area contributed by atoms with Crippen LogP contribution in [0, 0.1) is 0 Å². The summed E-state index contributed by atoms with van der Waals surface area (Å²) < 4.78 is 19.6. The Morgan fingerprint density at radius 3 is 3.00 bits per heavy atom. The van der Waals surface area contributed by atoms with Crippen molar-refractivity contribution in [2.75, 3.05) is 25.1 Å². The van der Waals surface area contributed by atoms with Crippen LogP contribution in [0.4, 0.5) is 11.6 Å². The van der Waals surface area contributed by atoms with Crippen LogP contribution in [-0.4, -0.2) is 44.3 Å². The third-order valence-electron chi connectivity index (χ3n) is 5.34. The Balaban J connectivity index is 1.43. The van der Waals surface area contributed by atoms with Crippen LogP contribution in [0.5, 0.6) is 11.6 Å². The van der Waals surface area contributed by atoms with Crippen molar-refractivity contribution >= 4 is 23.2 Å². The van der Waals surface area contributed by atoms with Crippen LogP contribution in [0.3, 0.4) is 0 Å². The van der Waals surface area contributed by atoms with Gasteiger partial charge in [-0.3, -0.25) is 0 Å². The average Bonchev–Trinajstić information content (AvgIpc) is 3.40. The van der Waals surface area contributed by atoms with E-state index in [2.05, 4.69) is 25.3 Å². The molecule has 1 aromatic carbocycles. The molecule has 0 amide bonds. The summed E-state index contributed by atoms with van der Waals surface area (Å²) in [4.78, 5) is 17.4. The molecule has 1 aliphatic rings. The number of nitrogens with one attached hydrogen (secondary N) is 1. The van der Waals surface area contributed by atoms with Crippen molar-refractivity contribution in [3.8, 4) is 22.9 Å². The fraction of sp³-hybridized carbons (Fsp3) is 0.231. The van der Waals surface area contributed by atoms with Gasteiger partial charge in [0.1, 0.15) is 12.4 Å². The van der Waals surface area contributed by atoms with E-state index in [4.69, 9.17) is 25.8 Å². The van der Waals surface area contributed by atoms with Crippen LogP contribution >= 0.6 is 11.6 Å². The highest BCUT2D eigenvalue weighted by Crippen LogP contribution is 2.30. The van der Waals surface area contributed by atoms with E-state index in [1.54, 1.807) is 24.9 Å². The van der Waals surface area contributed by atoms with Gasteiger partial charge in [-0.05, 0) is 30.2 Å². The van der Waals surface area contributed by atoms with E-state index in [0.29, 0.717) is 61.3 Å². The van der Waals surface area contributed by atoms with E-state index in [-0.39, 0.29) is 0 Å². The maximum atomic E-state index is 6.45. The van der Waals surface area contributed by atoms with Gasteiger partial charge >= 0.3 is 0 Å². The Bertz CT molecular complexity index is 1330. The molecule has 0 unspecified atom stereocenters. The lowest BCUT2D eigenvalue weighted by atomic mass is 10.2. The van der Waals surface area contributed by atoms with E-state index < -0.39 is 0 Å². The summed E-state index contributed by atoms with van der Waals surface area (Å²) in [5.41, 5.74) is 3.11. The Kier molecular flexibility index (Phi) is 7.70. The molecule has 5 rings (SSSR count). The molecule has 184 valence electrons. The minimum absolute atomic E-state index is 0.403. The van der Waals surface area contributed by atoms with Crippen LogP contribution in [0.2, 0.25) is 5.02 Å². The van der Waals surface area contributed by atoms with E-state index in [1.807, 2.05) is 53.2 Å². The van der Waals surface area contributed by atoms with Crippen LogP contribution in [0.1, 0.15) is 12.0 Å². The molecular weight excluding hydrogens is 480 g/mol. The zero-order valence-corrected chi connectivity index (χ0v) is 20.3. The van der Waals surface area contributed by atoms with Crippen molar-refractivity contribution < 1.29 is 14.2 Å². The Morgan fingerprint density at radius 1 is 1.11 bits per heavy atom. The minimum Gasteiger partial charge on any atom is -0.492 e. The van der Waals surface area contributed by atoms with Gasteiger partial charge in [0.25, 0.3) is 0 Å². The smallest absolute Gasteiger partial charge is 0.227 e. The quantitative estimate of drug-likeness (QED) is 0.385. The number of nitrogens with zero attached hydrogens (tertiary/aromatic N) is 5. The van der Waals surface area contributed by atoms with Crippen LogP contribution in [0.15, 0.2) is 73.6 Å². The first-order valence-electron chi connectivity index (χ1n) is 11.6. The van der Waals surface area contributed by atoms with Crippen molar-refractivity contribution in [2.24, 2.45) is 0 Å². The van der Waals surface area contributed by atoms with Crippen LogP contribution < -0.4 is 14.8 Å². The summed E-state index contributed by atoms with van der Waals surface area (Å²) in [6.45, 7) is 2.60. The van der Waals surface area contributed by atoms with Gasteiger partial charge in [-0.2, -0.15) is 0 Å². The molecule has 1 N–H and O–H groups in total. The molecule has 0 fully saturated rings. The summed E-state index contributed by atoms with van der Waals surface area (Å²) in [5.74, 6) is 1.63. The number of pyridine rings is 1. The molecule has 1 aliphatic heterocycles. The number of ether oxygens (including phenoxy) is 3. The van der Waals surface area contributed by atoms with Crippen molar-refractivity contribution in [3.63, 3.8) is 0 Å². The number of benzene rings is 1. The molecule has 0 spiro atoms. The number of aromatic nitrogens is 5. The summed E-state index contributed by atoms with van der Waals surface area (Å²) in [5, 5.41) is 3.71. The van der Waals surface area contributed by atoms with Crippen molar-refractivity contribution in [3.05, 3.63) is 84.2 Å². The van der Waals surface area contributed by atoms with Gasteiger partial charge < -0.3 is 24.1 Å². The summed E-state index contributed by atoms with van der Waals surface area (Å²) >= 11 is 6.45. The molecular formula is C26H25ClN6O3. The predicted octanol–water partition coefficient (Wildman–Crippen LogP) is 5.07. The molecule has 3 aromatic heterocycles. The summed E-state index contributed by atoms with van der Waals surface area (Å²) in [6.07, 6.45) is 13.4. The number of hydrogen-bond donors (Lipinski definition) is 1. The number of hydrogen-bond acceptors (Lipinski definition) is 8. The SMILES string of the molecule is Clc1cnc2nc1-c1ccnc(c1)OCC/C=C/COCc1cc(cc(OCCn3ccnc3)c1)N2. The van der Waals surface area contributed by atoms with Crippen LogP contribution in [-0.2, 0) is 17.9 Å². The topological polar surface area (TPSA) is 96.2 Å². The van der Waals surface area contributed by atoms with Crippen molar-refractivity contribution in [1.82, 2.24) is 24.5 Å². The van der Waals surface area contributed by atoms with Gasteiger partial charge in [0.15, 0.2) is 0 Å². The first-order chi connectivity index (χ1) is 17.7. The van der Waals surface area contributed by atoms with Crippen LogP contribution in [0.25, 0.3) is 11.3 Å². The monoisotopic (exact) mass is 504 g/mol. The maximum Gasteiger partial charge on any atom is 0.227 e. The van der Waals surface area contributed by atoms with Gasteiger partial charge in [0.2, 0.25) is 11.8 Å². The molecule has 36 heavy (non-hydrogen) atoms. The fourth-order valence-electron chi connectivity index (χ4n) is 3.64. The van der Waals surface area contributed by atoms with Gasteiger partial charge in [0.05, 0.1) is 49.6 Å². The van der Waals surface area contributed by atoms with Gasteiger partial charge in [0, 0.05) is 42.0 Å². The molecule has 4 aromatic rings. The molecule has 9 nitrogen and oxygen atoms in total. The molecule has 10 heteroatoms. The highest BCUT2D eigenvalue weighted by molar-refractivity contribution is 6.32.